The summed E-state index contributed by atoms with van der Waals surface area (Å²) in [6.45, 7) is 1.11. The Morgan fingerprint density at radius 1 is 1.42 bits per heavy atom. The molecule has 0 radical (unpaired) electrons. The quantitative estimate of drug-likeness (QED) is 0.679. The van der Waals surface area contributed by atoms with E-state index >= 15 is 0 Å². The maximum atomic E-state index is 10.3. The van der Waals surface area contributed by atoms with Crippen LogP contribution in [0.15, 0.2) is 6.20 Å². The van der Waals surface area contributed by atoms with E-state index in [-0.39, 0.29) is 6.61 Å². The molecule has 1 aliphatic rings. The number of aliphatic hydroxyl groups excluding tert-OH is 1. The van der Waals surface area contributed by atoms with Crippen molar-refractivity contribution in [1.29, 1.82) is 0 Å². The van der Waals surface area contributed by atoms with Crippen LogP contribution in [0.5, 0.6) is 5.88 Å². The second-order valence-corrected chi connectivity index (χ2v) is 5.68. The zero-order chi connectivity index (χ0) is 13.6. The van der Waals surface area contributed by atoms with Crippen molar-refractivity contribution >= 4 is 11.7 Å². The average Bonchev–Trinajstić information content (AvgIpc) is 2.90. The molecule has 1 aromatic heterocycles. The van der Waals surface area contributed by atoms with E-state index in [1.54, 1.807) is 0 Å². The van der Waals surface area contributed by atoms with Crippen LogP contribution in [0.4, 0.5) is 0 Å². The first-order valence-corrected chi connectivity index (χ1v) is 7.42. The van der Waals surface area contributed by atoms with Gasteiger partial charge in [0.2, 0.25) is 5.88 Å². The average molecular weight is 287 g/mol. The summed E-state index contributed by atoms with van der Waals surface area (Å²) in [5.74, 6) is 0.440. The van der Waals surface area contributed by atoms with Crippen molar-refractivity contribution in [2.24, 2.45) is 0 Å². The van der Waals surface area contributed by atoms with Crippen molar-refractivity contribution in [1.82, 2.24) is 14.1 Å². The predicted molar refractivity (Wildman–Crippen MR) is 72.3 cm³/mol. The van der Waals surface area contributed by atoms with Crippen LogP contribution in [-0.4, -0.2) is 50.4 Å². The van der Waals surface area contributed by atoms with Gasteiger partial charge in [-0.1, -0.05) is 19.3 Å². The third-order valence-corrected chi connectivity index (χ3v) is 3.84. The minimum absolute atomic E-state index is 0.177. The van der Waals surface area contributed by atoms with Crippen LogP contribution in [0.25, 0.3) is 0 Å². The van der Waals surface area contributed by atoms with E-state index in [0.29, 0.717) is 19.0 Å². The van der Waals surface area contributed by atoms with Gasteiger partial charge in [0.15, 0.2) is 0 Å². The lowest BCUT2D eigenvalue weighted by Crippen LogP contribution is -2.44. The van der Waals surface area contributed by atoms with Crippen LogP contribution in [0, 0.1) is 0 Å². The topological polar surface area (TPSA) is 87.5 Å². The summed E-state index contributed by atoms with van der Waals surface area (Å²) in [6, 6.07) is 0. The van der Waals surface area contributed by atoms with Crippen LogP contribution >= 0.6 is 11.7 Å². The SMILES string of the molecule is OC(CNCC1(O)CCCCC1)COc1cnsn1. The van der Waals surface area contributed by atoms with Crippen molar-refractivity contribution in [2.45, 2.75) is 43.8 Å². The predicted octanol–water partition coefficient (Wildman–Crippen LogP) is 0.563. The Bertz CT molecular complexity index is 355. The number of hydrogen-bond acceptors (Lipinski definition) is 7. The van der Waals surface area contributed by atoms with Gasteiger partial charge < -0.3 is 20.3 Å². The fraction of sp³-hybridized carbons (Fsp3) is 0.833. The molecule has 6 nitrogen and oxygen atoms in total. The zero-order valence-corrected chi connectivity index (χ0v) is 11.7. The molecule has 1 unspecified atom stereocenters. The first-order chi connectivity index (χ1) is 9.18. The van der Waals surface area contributed by atoms with Crippen LogP contribution in [-0.2, 0) is 0 Å². The number of rotatable bonds is 7. The third kappa shape index (κ3) is 5.02. The maximum absolute atomic E-state index is 10.3. The van der Waals surface area contributed by atoms with E-state index in [1.165, 1.54) is 12.6 Å². The van der Waals surface area contributed by atoms with E-state index in [2.05, 4.69) is 14.1 Å². The zero-order valence-electron chi connectivity index (χ0n) is 10.9. The standard InChI is InChI=1S/C12H21N3O3S/c16-10(8-18-11-7-14-19-15-11)6-13-9-12(17)4-2-1-3-5-12/h7,10,13,16-17H,1-6,8-9H2. The minimum atomic E-state index is -0.617. The summed E-state index contributed by atoms with van der Waals surface area (Å²) < 4.78 is 13.0. The van der Waals surface area contributed by atoms with Crippen molar-refractivity contribution in [3.8, 4) is 5.88 Å². The third-order valence-electron chi connectivity index (χ3n) is 3.38. The summed E-state index contributed by atoms with van der Waals surface area (Å²) in [4.78, 5) is 0. The van der Waals surface area contributed by atoms with Crippen LogP contribution in [0.1, 0.15) is 32.1 Å². The summed E-state index contributed by atoms with van der Waals surface area (Å²) in [5.41, 5.74) is -0.600. The van der Waals surface area contributed by atoms with Gasteiger partial charge in [-0.2, -0.15) is 4.37 Å². The van der Waals surface area contributed by atoms with Crippen LogP contribution in [0.2, 0.25) is 0 Å². The number of nitrogens with zero attached hydrogens (tertiary/aromatic N) is 2. The van der Waals surface area contributed by atoms with Gasteiger partial charge in [0.05, 0.1) is 17.3 Å². The van der Waals surface area contributed by atoms with Gasteiger partial charge in [-0.25, -0.2) is 0 Å². The molecule has 1 saturated carbocycles. The molecule has 0 spiro atoms. The molecule has 0 aromatic carbocycles. The summed E-state index contributed by atoms with van der Waals surface area (Å²) >= 11 is 1.07. The Hall–Kier alpha value is -0.760. The molecule has 0 aliphatic heterocycles. The molecule has 1 fully saturated rings. The first kappa shape index (κ1) is 14.6. The molecule has 3 N–H and O–H groups in total. The summed E-state index contributed by atoms with van der Waals surface area (Å²) in [7, 11) is 0. The highest BCUT2D eigenvalue weighted by Gasteiger charge is 2.28. The normalized spacial score (nSPS) is 20.1. The van der Waals surface area contributed by atoms with E-state index in [1.807, 2.05) is 0 Å². The molecule has 1 aliphatic carbocycles. The molecule has 1 heterocycles. The van der Waals surface area contributed by atoms with Gasteiger partial charge in [-0.05, 0) is 12.8 Å². The molecule has 1 aromatic rings. The molecular formula is C12H21N3O3S. The molecule has 2 rings (SSSR count). The molecule has 19 heavy (non-hydrogen) atoms. The van der Waals surface area contributed by atoms with E-state index in [0.717, 1.165) is 37.4 Å². The van der Waals surface area contributed by atoms with Crippen molar-refractivity contribution in [2.75, 3.05) is 19.7 Å². The van der Waals surface area contributed by atoms with Crippen molar-refractivity contribution in [3.63, 3.8) is 0 Å². The monoisotopic (exact) mass is 287 g/mol. The number of nitrogens with one attached hydrogen (secondary N) is 1. The number of aromatic nitrogens is 2. The maximum Gasteiger partial charge on any atom is 0.245 e. The van der Waals surface area contributed by atoms with Gasteiger partial charge in [0, 0.05) is 13.1 Å². The highest BCUT2D eigenvalue weighted by molar-refractivity contribution is 6.99. The van der Waals surface area contributed by atoms with Crippen molar-refractivity contribution in [3.05, 3.63) is 6.20 Å². The van der Waals surface area contributed by atoms with Gasteiger partial charge in [-0.3, -0.25) is 0 Å². The Morgan fingerprint density at radius 2 is 2.21 bits per heavy atom. The number of hydrogen-bond donors (Lipinski definition) is 3. The fourth-order valence-electron chi connectivity index (χ4n) is 2.32. The minimum Gasteiger partial charge on any atom is -0.473 e. The highest BCUT2D eigenvalue weighted by atomic mass is 32.1. The van der Waals surface area contributed by atoms with Crippen molar-refractivity contribution < 1.29 is 14.9 Å². The molecule has 1 atom stereocenters. The molecule has 7 heteroatoms. The number of ether oxygens (including phenoxy) is 1. The lowest BCUT2D eigenvalue weighted by atomic mass is 9.85. The lowest BCUT2D eigenvalue weighted by Gasteiger charge is -2.32. The van der Waals surface area contributed by atoms with Crippen LogP contribution < -0.4 is 10.1 Å². The highest BCUT2D eigenvalue weighted by Crippen LogP contribution is 2.27. The van der Waals surface area contributed by atoms with Crippen LogP contribution in [0.3, 0.4) is 0 Å². The van der Waals surface area contributed by atoms with Gasteiger partial charge in [0.25, 0.3) is 0 Å². The fourth-order valence-corrected chi connectivity index (χ4v) is 2.68. The molecule has 0 bridgehead atoms. The van der Waals surface area contributed by atoms with E-state index < -0.39 is 11.7 Å². The second-order valence-electron chi connectivity index (χ2n) is 5.13. The molecule has 0 amide bonds. The van der Waals surface area contributed by atoms with Gasteiger partial charge in [0.1, 0.15) is 18.9 Å². The Kier molecular flexibility index (Phi) is 5.50. The second kappa shape index (κ2) is 7.14. The van der Waals surface area contributed by atoms with Gasteiger partial charge >= 0.3 is 0 Å². The first-order valence-electron chi connectivity index (χ1n) is 6.69. The largest absolute Gasteiger partial charge is 0.473 e. The van der Waals surface area contributed by atoms with Gasteiger partial charge in [-0.15, -0.1) is 4.37 Å². The summed E-state index contributed by atoms with van der Waals surface area (Å²) in [6.07, 6.45) is 5.97. The Labute approximate surface area is 117 Å². The Balaban J connectivity index is 1.59. The smallest absolute Gasteiger partial charge is 0.245 e. The Morgan fingerprint density at radius 3 is 2.89 bits per heavy atom. The molecule has 0 saturated heterocycles. The number of aliphatic hydroxyl groups is 2. The molecule has 108 valence electrons. The summed E-state index contributed by atoms with van der Waals surface area (Å²) in [5, 5.41) is 23.1. The van der Waals surface area contributed by atoms with E-state index in [9.17, 15) is 10.2 Å². The molecular weight excluding hydrogens is 266 g/mol. The lowest BCUT2D eigenvalue weighted by molar-refractivity contribution is 0.00137. The van der Waals surface area contributed by atoms with E-state index in [4.69, 9.17) is 4.74 Å².